The first kappa shape index (κ1) is 18.9. The van der Waals surface area contributed by atoms with Crippen LogP contribution in [0.5, 0.6) is 0 Å². The van der Waals surface area contributed by atoms with Crippen molar-refractivity contribution in [1.29, 1.82) is 0 Å². The van der Waals surface area contributed by atoms with Gasteiger partial charge in [-0.3, -0.25) is 4.79 Å². The van der Waals surface area contributed by atoms with Gasteiger partial charge in [-0.15, -0.1) is 0 Å². The highest BCUT2D eigenvalue weighted by Gasteiger charge is 2.32. The summed E-state index contributed by atoms with van der Waals surface area (Å²) in [5.41, 5.74) is 3.34. The molecule has 0 bridgehead atoms. The van der Waals surface area contributed by atoms with Crippen LogP contribution in [0.1, 0.15) is 27.0 Å². The number of carbonyl (C=O) groups is 1. The summed E-state index contributed by atoms with van der Waals surface area (Å²) in [6, 6.07) is 20.2. The van der Waals surface area contributed by atoms with Gasteiger partial charge < -0.3 is 0 Å². The molecule has 0 N–H and O–H groups in total. The predicted octanol–water partition coefficient (Wildman–Crippen LogP) is 4.65. The second-order valence-electron chi connectivity index (χ2n) is 6.47. The van der Waals surface area contributed by atoms with Gasteiger partial charge in [0.25, 0.3) is 15.9 Å². The van der Waals surface area contributed by atoms with E-state index >= 15 is 0 Å². The maximum atomic E-state index is 13.4. The molecular formula is C22H21NO3S. The molecule has 0 fully saturated rings. The van der Waals surface area contributed by atoms with Crippen LogP contribution >= 0.6 is 0 Å². The van der Waals surface area contributed by atoms with Gasteiger partial charge in [0.05, 0.1) is 10.6 Å². The van der Waals surface area contributed by atoms with Crippen molar-refractivity contribution in [2.24, 2.45) is 0 Å². The number of hydrogen-bond acceptors (Lipinski definition) is 3. The van der Waals surface area contributed by atoms with Gasteiger partial charge in [-0.1, -0.05) is 48.0 Å². The van der Waals surface area contributed by atoms with Crippen LogP contribution in [-0.2, 0) is 10.0 Å². The van der Waals surface area contributed by atoms with Crippen molar-refractivity contribution in [1.82, 2.24) is 0 Å². The highest BCUT2D eigenvalue weighted by atomic mass is 32.2. The summed E-state index contributed by atoms with van der Waals surface area (Å²) in [7, 11) is -4.07. The average Bonchev–Trinajstić information content (AvgIpc) is 2.66. The average molecular weight is 379 g/mol. The highest BCUT2D eigenvalue weighted by molar-refractivity contribution is 7.93. The predicted molar refractivity (Wildman–Crippen MR) is 108 cm³/mol. The smallest absolute Gasteiger partial charge is 0.268 e. The Kier molecular flexibility index (Phi) is 5.15. The standard InChI is InChI=1S/C22H21NO3S/c1-16-12-14-19(15-13-16)22(24)23(21-11-7-8-17(2)18(21)3)27(25,26)20-9-5-4-6-10-20/h4-15H,1-3H3. The first-order valence-corrected chi connectivity index (χ1v) is 10.0. The van der Waals surface area contributed by atoms with Crippen LogP contribution in [0.4, 0.5) is 5.69 Å². The third kappa shape index (κ3) is 3.64. The SMILES string of the molecule is Cc1ccc(C(=O)N(c2cccc(C)c2C)S(=O)(=O)c2ccccc2)cc1. The summed E-state index contributed by atoms with van der Waals surface area (Å²) in [6.07, 6.45) is 0. The van der Waals surface area contributed by atoms with Gasteiger partial charge >= 0.3 is 0 Å². The molecule has 0 saturated carbocycles. The van der Waals surface area contributed by atoms with Gasteiger partial charge in [-0.25, -0.2) is 8.42 Å². The molecule has 0 aliphatic carbocycles. The second-order valence-corrected chi connectivity index (χ2v) is 8.26. The monoisotopic (exact) mass is 379 g/mol. The number of hydrogen-bond donors (Lipinski definition) is 0. The molecule has 138 valence electrons. The van der Waals surface area contributed by atoms with Crippen molar-refractivity contribution < 1.29 is 13.2 Å². The van der Waals surface area contributed by atoms with Crippen molar-refractivity contribution in [3.05, 3.63) is 95.1 Å². The number of aryl methyl sites for hydroxylation is 2. The van der Waals surface area contributed by atoms with E-state index in [-0.39, 0.29) is 4.90 Å². The minimum atomic E-state index is -4.07. The van der Waals surface area contributed by atoms with E-state index in [0.717, 1.165) is 21.0 Å². The van der Waals surface area contributed by atoms with E-state index in [0.29, 0.717) is 11.3 Å². The van der Waals surface area contributed by atoms with Crippen molar-refractivity contribution >= 4 is 21.6 Å². The van der Waals surface area contributed by atoms with Crippen molar-refractivity contribution in [2.75, 3.05) is 4.31 Å². The van der Waals surface area contributed by atoms with E-state index in [1.165, 1.54) is 12.1 Å². The lowest BCUT2D eigenvalue weighted by atomic mass is 10.1. The first-order chi connectivity index (χ1) is 12.8. The number of rotatable bonds is 4. The number of anilines is 1. The Balaban J connectivity index is 2.22. The molecule has 1 amide bonds. The third-order valence-electron chi connectivity index (χ3n) is 4.56. The van der Waals surface area contributed by atoms with E-state index in [1.54, 1.807) is 54.6 Å². The molecule has 0 heterocycles. The fraction of sp³-hybridized carbons (Fsp3) is 0.136. The van der Waals surface area contributed by atoms with Crippen molar-refractivity contribution in [3.8, 4) is 0 Å². The van der Waals surface area contributed by atoms with Crippen LogP contribution in [0.2, 0.25) is 0 Å². The molecule has 4 nitrogen and oxygen atoms in total. The number of nitrogens with zero attached hydrogens (tertiary/aromatic N) is 1. The van der Waals surface area contributed by atoms with Gasteiger partial charge in [0.1, 0.15) is 0 Å². The third-order valence-corrected chi connectivity index (χ3v) is 6.27. The van der Waals surface area contributed by atoms with E-state index < -0.39 is 15.9 Å². The minimum Gasteiger partial charge on any atom is -0.268 e. The Morgan fingerprint density at radius 3 is 2.04 bits per heavy atom. The summed E-state index contributed by atoms with van der Waals surface area (Å²) < 4.78 is 27.7. The van der Waals surface area contributed by atoms with Crippen LogP contribution in [0.3, 0.4) is 0 Å². The van der Waals surface area contributed by atoms with Crippen LogP contribution in [0.25, 0.3) is 0 Å². The molecule has 3 aromatic rings. The fourth-order valence-corrected chi connectivity index (χ4v) is 4.31. The Morgan fingerprint density at radius 2 is 1.41 bits per heavy atom. The first-order valence-electron chi connectivity index (χ1n) is 8.60. The lowest BCUT2D eigenvalue weighted by molar-refractivity contribution is 0.100. The highest BCUT2D eigenvalue weighted by Crippen LogP contribution is 2.30. The van der Waals surface area contributed by atoms with Gasteiger partial charge in [0, 0.05) is 5.56 Å². The van der Waals surface area contributed by atoms with E-state index in [4.69, 9.17) is 0 Å². The molecule has 0 atom stereocenters. The number of benzene rings is 3. The molecule has 0 radical (unpaired) electrons. The molecule has 0 spiro atoms. The zero-order valence-electron chi connectivity index (χ0n) is 15.5. The summed E-state index contributed by atoms with van der Waals surface area (Å²) in [4.78, 5) is 13.4. The fourth-order valence-electron chi connectivity index (χ4n) is 2.81. The lowest BCUT2D eigenvalue weighted by Gasteiger charge is -2.25. The molecule has 0 aliphatic heterocycles. The van der Waals surface area contributed by atoms with E-state index in [9.17, 15) is 13.2 Å². The van der Waals surface area contributed by atoms with Gasteiger partial charge in [0.2, 0.25) is 0 Å². The topological polar surface area (TPSA) is 54.5 Å². The van der Waals surface area contributed by atoms with Crippen molar-refractivity contribution in [2.45, 2.75) is 25.7 Å². The van der Waals surface area contributed by atoms with Crippen LogP contribution in [-0.4, -0.2) is 14.3 Å². The van der Waals surface area contributed by atoms with Crippen LogP contribution in [0, 0.1) is 20.8 Å². The van der Waals surface area contributed by atoms with Crippen LogP contribution in [0.15, 0.2) is 77.7 Å². The molecule has 5 heteroatoms. The molecule has 0 unspecified atom stereocenters. The minimum absolute atomic E-state index is 0.0753. The summed E-state index contributed by atoms with van der Waals surface area (Å²) in [6.45, 7) is 5.63. The molecule has 27 heavy (non-hydrogen) atoms. The number of amides is 1. The van der Waals surface area contributed by atoms with Crippen LogP contribution < -0.4 is 4.31 Å². The Morgan fingerprint density at radius 1 is 0.778 bits per heavy atom. The Labute approximate surface area is 160 Å². The molecule has 0 saturated heterocycles. The van der Waals surface area contributed by atoms with Gasteiger partial charge in [0.15, 0.2) is 0 Å². The zero-order valence-corrected chi connectivity index (χ0v) is 16.3. The molecule has 0 aromatic heterocycles. The number of carbonyl (C=O) groups excluding carboxylic acids is 1. The molecule has 0 aliphatic rings. The molecule has 3 aromatic carbocycles. The summed E-state index contributed by atoms with van der Waals surface area (Å²) >= 11 is 0. The number of sulfonamides is 1. The molecular weight excluding hydrogens is 358 g/mol. The van der Waals surface area contributed by atoms with E-state index in [1.807, 2.05) is 26.8 Å². The largest absolute Gasteiger partial charge is 0.272 e. The Bertz CT molecular complexity index is 1070. The second kappa shape index (κ2) is 7.37. The Hall–Kier alpha value is -2.92. The normalized spacial score (nSPS) is 11.2. The lowest BCUT2D eigenvalue weighted by Crippen LogP contribution is -2.37. The maximum absolute atomic E-state index is 13.4. The summed E-state index contributed by atoms with van der Waals surface area (Å²) in [5.74, 6) is -0.576. The maximum Gasteiger partial charge on any atom is 0.272 e. The zero-order chi connectivity index (χ0) is 19.6. The molecule has 3 rings (SSSR count). The van der Waals surface area contributed by atoms with Crippen molar-refractivity contribution in [3.63, 3.8) is 0 Å². The van der Waals surface area contributed by atoms with Gasteiger partial charge in [-0.05, 0) is 62.2 Å². The van der Waals surface area contributed by atoms with E-state index in [2.05, 4.69) is 0 Å². The summed E-state index contributed by atoms with van der Waals surface area (Å²) in [5, 5.41) is 0. The van der Waals surface area contributed by atoms with Gasteiger partial charge in [-0.2, -0.15) is 4.31 Å². The quantitative estimate of drug-likeness (QED) is 0.663.